The van der Waals surface area contributed by atoms with Crippen LogP contribution in [0.25, 0.3) is 22.2 Å². The number of hydrogen-bond acceptors (Lipinski definition) is 6. The van der Waals surface area contributed by atoms with Crippen LogP contribution in [0, 0.1) is 30.6 Å². The number of Topliss-reactive ketones (excluding diaryl/α,β-unsaturated/α-hetero) is 1. The molecule has 42 heavy (non-hydrogen) atoms. The second-order valence-electron chi connectivity index (χ2n) is 11.4. The third kappa shape index (κ3) is 4.07. The standard InChI is InChI=1S/C35H28N2O5/c1-19-7-6-10-26-27(35(41)42-20(2)32(38)22-8-4-3-5-9-22)18-28(36-31(19)26)21-13-15-25(16-14-21)37-33(39)29-23-11-12-24(17-23)30(29)34(37)40/h3-16,18,20,23-24,29-30H,17H2,1-2H3. The normalized spacial score (nSPS) is 23.0. The molecule has 208 valence electrons. The molecule has 7 nitrogen and oxygen atoms in total. The first kappa shape index (κ1) is 26.0. The van der Waals surface area contributed by atoms with Crippen LogP contribution in [0.5, 0.6) is 0 Å². The number of aromatic nitrogens is 1. The molecule has 1 saturated heterocycles. The number of benzene rings is 3. The lowest BCUT2D eigenvalue weighted by Gasteiger charge is -2.18. The fourth-order valence-corrected chi connectivity index (χ4v) is 6.76. The number of ketones is 1. The van der Waals surface area contributed by atoms with E-state index in [2.05, 4.69) is 12.2 Å². The van der Waals surface area contributed by atoms with Crippen LogP contribution in [0.3, 0.4) is 0 Å². The number of carbonyl (C=O) groups is 4. The highest BCUT2D eigenvalue weighted by atomic mass is 16.5. The monoisotopic (exact) mass is 556 g/mol. The summed E-state index contributed by atoms with van der Waals surface area (Å²) in [6.45, 7) is 3.49. The van der Waals surface area contributed by atoms with Crippen LogP contribution >= 0.6 is 0 Å². The zero-order chi connectivity index (χ0) is 29.1. The van der Waals surface area contributed by atoms with Gasteiger partial charge in [0.2, 0.25) is 17.6 Å². The Morgan fingerprint density at radius 2 is 1.55 bits per heavy atom. The summed E-state index contributed by atoms with van der Waals surface area (Å²) in [5, 5.41) is 0.628. The maximum atomic E-state index is 13.5. The number of hydrogen-bond donors (Lipinski definition) is 0. The molecule has 7 rings (SSSR count). The number of pyridine rings is 1. The number of amides is 2. The van der Waals surface area contributed by atoms with E-state index in [4.69, 9.17) is 9.72 Å². The molecule has 1 saturated carbocycles. The van der Waals surface area contributed by atoms with Gasteiger partial charge in [0.25, 0.3) is 0 Å². The van der Waals surface area contributed by atoms with Crippen LogP contribution in [0.4, 0.5) is 5.69 Å². The lowest BCUT2D eigenvalue weighted by atomic mass is 9.85. The van der Waals surface area contributed by atoms with Gasteiger partial charge in [0.15, 0.2) is 6.10 Å². The smallest absolute Gasteiger partial charge is 0.339 e. The third-order valence-electron chi connectivity index (χ3n) is 8.86. The molecule has 0 radical (unpaired) electrons. The van der Waals surface area contributed by atoms with E-state index in [1.807, 2.05) is 31.2 Å². The van der Waals surface area contributed by atoms with Crippen molar-refractivity contribution in [2.75, 3.05) is 4.90 Å². The number of rotatable bonds is 6. The maximum Gasteiger partial charge on any atom is 0.339 e. The van der Waals surface area contributed by atoms with Gasteiger partial charge in [-0.2, -0.15) is 0 Å². The molecule has 2 fully saturated rings. The van der Waals surface area contributed by atoms with Crippen molar-refractivity contribution in [1.82, 2.24) is 4.98 Å². The van der Waals surface area contributed by atoms with E-state index in [0.29, 0.717) is 39.0 Å². The third-order valence-corrected chi connectivity index (χ3v) is 8.86. The van der Waals surface area contributed by atoms with E-state index in [-0.39, 0.29) is 41.3 Å². The molecule has 2 amide bonds. The fourth-order valence-electron chi connectivity index (χ4n) is 6.76. The summed E-state index contributed by atoms with van der Waals surface area (Å²) in [5.74, 6) is -1.39. The number of carbonyl (C=O) groups excluding carboxylic acids is 4. The lowest BCUT2D eigenvalue weighted by Crippen LogP contribution is -2.32. The molecule has 7 heteroatoms. The van der Waals surface area contributed by atoms with Crippen LogP contribution in [0.1, 0.15) is 39.6 Å². The Hall–Kier alpha value is -4.91. The summed E-state index contributed by atoms with van der Waals surface area (Å²) in [5.41, 5.74) is 4.09. The number of imide groups is 1. The van der Waals surface area contributed by atoms with Crippen LogP contribution in [0.15, 0.2) is 91.0 Å². The Balaban J connectivity index is 1.19. The first-order valence-corrected chi connectivity index (χ1v) is 14.2. The predicted octanol–water partition coefficient (Wildman–Crippen LogP) is 5.95. The zero-order valence-corrected chi connectivity index (χ0v) is 23.2. The first-order chi connectivity index (χ1) is 20.3. The second-order valence-corrected chi connectivity index (χ2v) is 11.4. The highest BCUT2D eigenvalue weighted by Gasteiger charge is 2.59. The summed E-state index contributed by atoms with van der Waals surface area (Å²) in [4.78, 5) is 59.0. The molecule has 5 atom stereocenters. The average molecular weight is 557 g/mol. The Morgan fingerprint density at radius 3 is 2.21 bits per heavy atom. The van der Waals surface area contributed by atoms with Gasteiger partial charge in [-0.25, -0.2) is 9.78 Å². The molecule has 5 unspecified atom stereocenters. The molecule has 1 aliphatic heterocycles. The molecule has 2 heterocycles. The summed E-state index contributed by atoms with van der Waals surface area (Å²) >= 11 is 0. The highest BCUT2D eigenvalue weighted by molar-refractivity contribution is 6.23. The quantitative estimate of drug-likeness (QED) is 0.126. The Labute approximate surface area is 242 Å². The molecular weight excluding hydrogens is 528 g/mol. The number of aryl methyl sites for hydroxylation is 1. The van der Waals surface area contributed by atoms with Gasteiger partial charge in [0.05, 0.1) is 34.3 Å². The fraction of sp³-hybridized carbons (Fsp3) is 0.229. The van der Waals surface area contributed by atoms with E-state index in [9.17, 15) is 19.2 Å². The van der Waals surface area contributed by atoms with E-state index in [1.165, 1.54) is 4.90 Å². The van der Waals surface area contributed by atoms with Gasteiger partial charge in [0, 0.05) is 16.5 Å². The molecule has 2 aliphatic carbocycles. The first-order valence-electron chi connectivity index (χ1n) is 14.2. The second kappa shape index (κ2) is 9.87. The van der Waals surface area contributed by atoms with Crippen molar-refractivity contribution in [3.63, 3.8) is 0 Å². The number of nitrogens with zero attached hydrogens (tertiary/aromatic N) is 2. The Kier molecular flexibility index (Phi) is 6.12. The molecule has 3 aromatic carbocycles. The van der Waals surface area contributed by atoms with E-state index in [1.54, 1.807) is 61.5 Å². The summed E-state index contributed by atoms with van der Waals surface area (Å²) in [6.07, 6.45) is 4.07. The molecule has 2 bridgehead atoms. The number of para-hydroxylation sites is 1. The van der Waals surface area contributed by atoms with Gasteiger partial charge in [0.1, 0.15) is 0 Å². The Morgan fingerprint density at radius 1 is 0.881 bits per heavy atom. The minimum atomic E-state index is -0.976. The SMILES string of the molecule is Cc1cccc2c(C(=O)OC(C)C(=O)c3ccccc3)cc(-c3ccc(N4C(=O)C5C6C=CC(C6)C5C4=O)cc3)nc12. The van der Waals surface area contributed by atoms with Crippen molar-refractivity contribution < 1.29 is 23.9 Å². The van der Waals surface area contributed by atoms with E-state index < -0.39 is 12.1 Å². The number of anilines is 1. The maximum absolute atomic E-state index is 13.5. The number of fused-ring (bicyclic) bond motifs is 6. The van der Waals surface area contributed by atoms with Crippen molar-refractivity contribution in [2.24, 2.45) is 23.7 Å². The van der Waals surface area contributed by atoms with Crippen molar-refractivity contribution in [3.05, 3.63) is 108 Å². The highest BCUT2D eigenvalue weighted by Crippen LogP contribution is 2.53. The van der Waals surface area contributed by atoms with Crippen LogP contribution in [0.2, 0.25) is 0 Å². The predicted molar refractivity (Wildman–Crippen MR) is 158 cm³/mol. The number of ether oxygens (including phenoxy) is 1. The van der Waals surface area contributed by atoms with Crippen molar-refractivity contribution >= 4 is 40.2 Å². The lowest BCUT2D eigenvalue weighted by molar-refractivity contribution is -0.123. The Bertz CT molecular complexity index is 1780. The minimum absolute atomic E-state index is 0.127. The largest absolute Gasteiger partial charge is 0.451 e. The summed E-state index contributed by atoms with van der Waals surface area (Å²) in [7, 11) is 0. The summed E-state index contributed by atoms with van der Waals surface area (Å²) < 4.78 is 5.66. The van der Waals surface area contributed by atoms with Crippen LogP contribution < -0.4 is 4.90 Å². The molecule has 0 spiro atoms. The van der Waals surface area contributed by atoms with Crippen molar-refractivity contribution in [2.45, 2.75) is 26.4 Å². The number of allylic oxidation sites excluding steroid dienone is 2. The van der Waals surface area contributed by atoms with Crippen molar-refractivity contribution in [3.8, 4) is 11.3 Å². The van der Waals surface area contributed by atoms with Crippen molar-refractivity contribution in [1.29, 1.82) is 0 Å². The van der Waals surface area contributed by atoms with Gasteiger partial charge < -0.3 is 4.74 Å². The van der Waals surface area contributed by atoms with Crippen LogP contribution in [-0.2, 0) is 14.3 Å². The van der Waals surface area contributed by atoms with Gasteiger partial charge in [-0.3, -0.25) is 19.3 Å². The van der Waals surface area contributed by atoms with E-state index >= 15 is 0 Å². The molecule has 3 aliphatic rings. The molecule has 4 aromatic rings. The molecular formula is C35H28N2O5. The zero-order valence-electron chi connectivity index (χ0n) is 23.2. The van der Waals surface area contributed by atoms with Gasteiger partial charge >= 0.3 is 5.97 Å². The molecule has 1 aromatic heterocycles. The topological polar surface area (TPSA) is 93.6 Å². The van der Waals surface area contributed by atoms with Gasteiger partial charge in [-0.05, 0) is 55.9 Å². The van der Waals surface area contributed by atoms with Crippen LogP contribution in [-0.4, -0.2) is 34.7 Å². The van der Waals surface area contributed by atoms with Gasteiger partial charge in [-0.1, -0.05) is 72.8 Å². The minimum Gasteiger partial charge on any atom is -0.451 e. The molecule has 0 N–H and O–H groups in total. The summed E-state index contributed by atoms with van der Waals surface area (Å²) in [6, 6.07) is 23.1. The van der Waals surface area contributed by atoms with Gasteiger partial charge in [-0.15, -0.1) is 0 Å². The average Bonchev–Trinajstić information content (AvgIpc) is 3.70. The van der Waals surface area contributed by atoms with E-state index in [0.717, 1.165) is 12.0 Å². The number of esters is 1.